The van der Waals surface area contributed by atoms with E-state index in [4.69, 9.17) is 14.1 Å². The van der Waals surface area contributed by atoms with Crippen LogP contribution in [-0.4, -0.2) is 55.6 Å². The summed E-state index contributed by atoms with van der Waals surface area (Å²) in [6.45, 7) is 3.10. The van der Waals surface area contributed by atoms with E-state index in [9.17, 15) is 10.1 Å². The Morgan fingerprint density at radius 2 is 1.94 bits per heavy atom. The molecule has 0 bridgehead atoms. The summed E-state index contributed by atoms with van der Waals surface area (Å²) >= 11 is 0. The zero-order chi connectivity index (χ0) is 23.5. The maximum absolute atomic E-state index is 12.6. The number of ether oxygens (including phenoxy) is 1. The van der Waals surface area contributed by atoms with Gasteiger partial charge in [-0.1, -0.05) is 12.1 Å². The fourth-order valence-corrected chi connectivity index (χ4v) is 4.87. The zero-order valence-electron chi connectivity index (χ0n) is 19.2. The molecule has 8 nitrogen and oxygen atoms in total. The molecule has 3 heterocycles. The molecule has 1 aliphatic carbocycles. The van der Waals surface area contributed by atoms with Gasteiger partial charge in [-0.05, 0) is 54.7 Å². The van der Waals surface area contributed by atoms with Crippen molar-refractivity contribution in [2.45, 2.75) is 19.3 Å². The number of nitrogens with zero attached hydrogens (tertiary/aromatic N) is 4. The molecular weight excluding hydrogens is 430 g/mol. The number of para-hydroxylation sites is 2. The maximum Gasteiger partial charge on any atom is 0.238 e. The number of anilines is 2. The van der Waals surface area contributed by atoms with Gasteiger partial charge in [-0.15, -0.1) is 0 Å². The molecule has 1 amide bonds. The lowest BCUT2D eigenvalue weighted by molar-refractivity contribution is -0.117. The van der Waals surface area contributed by atoms with Crippen LogP contribution in [-0.2, 0) is 17.6 Å². The van der Waals surface area contributed by atoms with Gasteiger partial charge in [0.1, 0.15) is 23.3 Å². The van der Waals surface area contributed by atoms with Crippen LogP contribution in [0.5, 0.6) is 5.75 Å². The van der Waals surface area contributed by atoms with Gasteiger partial charge in [-0.2, -0.15) is 5.26 Å². The number of aromatic nitrogens is 1. The van der Waals surface area contributed by atoms with Crippen molar-refractivity contribution in [3.63, 3.8) is 0 Å². The number of piperazine rings is 1. The number of rotatable bonds is 6. The van der Waals surface area contributed by atoms with Crippen molar-refractivity contribution in [1.82, 2.24) is 9.88 Å². The van der Waals surface area contributed by atoms with Gasteiger partial charge in [-0.25, -0.2) is 4.98 Å². The summed E-state index contributed by atoms with van der Waals surface area (Å²) in [6, 6.07) is 13.6. The molecule has 3 aromatic rings. The smallest absolute Gasteiger partial charge is 0.238 e. The number of hydrogen-bond acceptors (Lipinski definition) is 7. The summed E-state index contributed by atoms with van der Waals surface area (Å²) in [7, 11) is 1.59. The molecule has 1 N–H and O–H groups in total. The van der Waals surface area contributed by atoms with Gasteiger partial charge in [0, 0.05) is 26.2 Å². The lowest BCUT2D eigenvalue weighted by Crippen LogP contribution is -2.49. The van der Waals surface area contributed by atoms with Crippen molar-refractivity contribution in [3.05, 3.63) is 59.4 Å². The average molecular weight is 458 g/mol. The Hall–Kier alpha value is -3.83. The van der Waals surface area contributed by atoms with E-state index in [0.717, 1.165) is 47.7 Å². The van der Waals surface area contributed by atoms with Crippen molar-refractivity contribution in [3.8, 4) is 23.3 Å². The van der Waals surface area contributed by atoms with E-state index in [-0.39, 0.29) is 5.91 Å². The Bertz CT molecular complexity index is 1220. The molecule has 174 valence electrons. The molecule has 2 aliphatic rings. The molecule has 1 saturated heterocycles. The molecule has 0 unspecified atom stereocenters. The van der Waals surface area contributed by atoms with E-state index in [1.165, 1.54) is 0 Å². The van der Waals surface area contributed by atoms with Crippen molar-refractivity contribution in [2.24, 2.45) is 0 Å². The van der Waals surface area contributed by atoms with E-state index >= 15 is 0 Å². The lowest BCUT2D eigenvalue weighted by atomic mass is 10.0. The van der Waals surface area contributed by atoms with Gasteiger partial charge < -0.3 is 19.4 Å². The third-order valence-corrected chi connectivity index (χ3v) is 6.53. The highest BCUT2D eigenvalue weighted by atomic mass is 16.5. The second-order valence-electron chi connectivity index (χ2n) is 8.57. The normalized spacial score (nSPS) is 15.6. The first-order valence-corrected chi connectivity index (χ1v) is 11.6. The summed E-state index contributed by atoms with van der Waals surface area (Å²) in [5.74, 6) is 2.04. The van der Waals surface area contributed by atoms with Gasteiger partial charge in [0.05, 0.1) is 31.2 Å². The molecule has 5 rings (SSSR count). The first-order valence-electron chi connectivity index (χ1n) is 11.6. The van der Waals surface area contributed by atoms with Crippen LogP contribution in [0.4, 0.5) is 11.5 Å². The van der Waals surface area contributed by atoms with Gasteiger partial charge in [0.2, 0.25) is 5.91 Å². The Morgan fingerprint density at radius 3 is 2.68 bits per heavy atom. The largest absolute Gasteiger partial charge is 0.495 e. The minimum absolute atomic E-state index is 0.0774. The second-order valence-corrected chi connectivity index (χ2v) is 8.57. The highest BCUT2D eigenvalue weighted by molar-refractivity contribution is 5.93. The fourth-order valence-electron chi connectivity index (χ4n) is 4.87. The molecule has 0 spiro atoms. The van der Waals surface area contributed by atoms with Crippen LogP contribution in [0.15, 0.2) is 47.1 Å². The minimum Gasteiger partial charge on any atom is -0.495 e. The predicted molar refractivity (Wildman–Crippen MR) is 129 cm³/mol. The third kappa shape index (κ3) is 4.22. The molecule has 0 radical (unpaired) electrons. The van der Waals surface area contributed by atoms with Crippen LogP contribution >= 0.6 is 0 Å². The number of pyridine rings is 1. The van der Waals surface area contributed by atoms with E-state index in [2.05, 4.69) is 21.2 Å². The number of benzene rings is 1. The standard InChI is InChI=1S/C26H27N5O3/c1-33-22-9-3-2-8-21(22)28-24(32)17-30-11-13-31(14-12-30)26-20(16-27)18-6-4-7-19(18)25(29-26)23-10-5-15-34-23/h2-3,5,8-10,15H,4,6-7,11-14,17H2,1H3,(H,28,32). The number of nitriles is 1. The number of furan rings is 1. The number of amides is 1. The van der Waals surface area contributed by atoms with Crippen LogP contribution in [0, 0.1) is 11.3 Å². The Balaban J connectivity index is 1.29. The van der Waals surface area contributed by atoms with Crippen molar-refractivity contribution in [2.75, 3.05) is 50.1 Å². The quantitative estimate of drug-likeness (QED) is 0.606. The Morgan fingerprint density at radius 1 is 1.15 bits per heavy atom. The maximum atomic E-state index is 12.6. The number of fused-ring (bicyclic) bond motifs is 1. The summed E-state index contributed by atoms with van der Waals surface area (Å²) < 4.78 is 11.0. The SMILES string of the molecule is COc1ccccc1NC(=O)CN1CCN(c2nc(-c3ccco3)c3c(c2C#N)CCC3)CC1. The van der Waals surface area contributed by atoms with Crippen LogP contribution in [0.2, 0.25) is 0 Å². The minimum atomic E-state index is -0.0774. The number of hydrogen-bond donors (Lipinski definition) is 1. The van der Waals surface area contributed by atoms with Gasteiger partial charge in [0.25, 0.3) is 0 Å². The lowest BCUT2D eigenvalue weighted by Gasteiger charge is -2.35. The van der Waals surface area contributed by atoms with E-state index < -0.39 is 0 Å². The zero-order valence-corrected chi connectivity index (χ0v) is 19.2. The Kier molecular flexibility index (Phi) is 6.19. The molecule has 0 saturated carbocycles. The van der Waals surface area contributed by atoms with Crippen LogP contribution < -0.4 is 15.0 Å². The summed E-state index contributed by atoms with van der Waals surface area (Å²) in [5, 5.41) is 12.9. The van der Waals surface area contributed by atoms with E-state index in [0.29, 0.717) is 49.7 Å². The molecule has 34 heavy (non-hydrogen) atoms. The van der Waals surface area contributed by atoms with E-state index in [1.54, 1.807) is 13.4 Å². The third-order valence-electron chi connectivity index (χ3n) is 6.53. The van der Waals surface area contributed by atoms with Crippen molar-refractivity contribution >= 4 is 17.4 Å². The first kappa shape index (κ1) is 22.0. The number of carbonyl (C=O) groups excluding carboxylic acids is 1. The van der Waals surface area contributed by atoms with Crippen LogP contribution in [0.1, 0.15) is 23.1 Å². The van der Waals surface area contributed by atoms with Crippen LogP contribution in [0.3, 0.4) is 0 Å². The topological polar surface area (TPSA) is 94.6 Å². The predicted octanol–water partition coefficient (Wildman–Crippen LogP) is 3.47. The average Bonchev–Trinajstić information content (AvgIpc) is 3.57. The molecule has 1 fully saturated rings. The highest BCUT2D eigenvalue weighted by Gasteiger charge is 2.29. The fraction of sp³-hybridized carbons (Fsp3) is 0.346. The summed E-state index contributed by atoms with van der Waals surface area (Å²) in [6.07, 6.45) is 4.50. The highest BCUT2D eigenvalue weighted by Crippen LogP contribution is 2.37. The van der Waals surface area contributed by atoms with Gasteiger partial charge >= 0.3 is 0 Å². The number of nitrogens with one attached hydrogen (secondary N) is 1. The molecule has 2 aromatic heterocycles. The molecule has 8 heteroatoms. The van der Waals surface area contributed by atoms with E-state index in [1.807, 2.05) is 36.4 Å². The number of carbonyl (C=O) groups is 1. The molecular formula is C26H27N5O3. The summed E-state index contributed by atoms with van der Waals surface area (Å²) in [4.78, 5) is 21.8. The molecule has 1 aliphatic heterocycles. The monoisotopic (exact) mass is 457 g/mol. The van der Waals surface area contributed by atoms with Crippen molar-refractivity contribution < 1.29 is 13.9 Å². The molecule has 1 aromatic carbocycles. The second kappa shape index (κ2) is 9.57. The first-order chi connectivity index (χ1) is 16.7. The Labute approximate surface area is 198 Å². The summed E-state index contributed by atoms with van der Waals surface area (Å²) in [5.41, 5.74) is 4.45. The molecule has 0 atom stereocenters. The van der Waals surface area contributed by atoms with Crippen molar-refractivity contribution in [1.29, 1.82) is 5.26 Å². The van der Waals surface area contributed by atoms with Crippen LogP contribution in [0.25, 0.3) is 11.5 Å². The van der Waals surface area contributed by atoms with Gasteiger partial charge in [-0.3, -0.25) is 9.69 Å². The number of methoxy groups -OCH3 is 1. The van der Waals surface area contributed by atoms with Gasteiger partial charge in [0.15, 0.2) is 5.76 Å².